The van der Waals surface area contributed by atoms with Crippen LogP contribution in [0, 0.1) is 0 Å². The quantitative estimate of drug-likeness (QED) is 0.684. The number of nitrogens with zero attached hydrogens (tertiary/aromatic N) is 3. The minimum Gasteiger partial charge on any atom is -0.291 e. The molecule has 2 heterocycles. The standard InChI is InChI=1S/C11H15N3O4/c1-12-9(15)4-6-13(11(12)17)8-10(16)14-5-2-3-7-18-14/h4,6H,2-3,5,7-8H2,1H3. The smallest absolute Gasteiger partial charge is 0.291 e. The highest BCUT2D eigenvalue weighted by Gasteiger charge is 2.18. The van der Waals surface area contributed by atoms with Crippen LogP contribution in [0.3, 0.4) is 0 Å². The molecule has 1 aliphatic heterocycles. The van der Waals surface area contributed by atoms with Gasteiger partial charge in [0.2, 0.25) is 0 Å². The van der Waals surface area contributed by atoms with Crippen molar-refractivity contribution < 1.29 is 9.63 Å². The van der Waals surface area contributed by atoms with E-state index in [2.05, 4.69) is 0 Å². The maximum absolute atomic E-state index is 11.9. The average molecular weight is 253 g/mol. The van der Waals surface area contributed by atoms with Gasteiger partial charge in [-0.15, -0.1) is 0 Å². The number of hydrogen-bond acceptors (Lipinski definition) is 4. The number of hydroxylamine groups is 2. The minimum absolute atomic E-state index is 0.118. The summed E-state index contributed by atoms with van der Waals surface area (Å²) in [6.45, 7) is 0.945. The minimum atomic E-state index is -0.507. The highest BCUT2D eigenvalue weighted by atomic mass is 16.7. The van der Waals surface area contributed by atoms with Gasteiger partial charge in [-0.2, -0.15) is 0 Å². The molecule has 0 spiro atoms. The first kappa shape index (κ1) is 12.6. The van der Waals surface area contributed by atoms with Crippen molar-refractivity contribution in [3.8, 4) is 0 Å². The second-order valence-electron chi connectivity index (χ2n) is 4.16. The van der Waals surface area contributed by atoms with Crippen LogP contribution in [-0.2, 0) is 23.2 Å². The maximum Gasteiger partial charge on any atom is 0.331 e. The molecule has 0 N–H and O–H groups in total. The second-order valence-corrected chi connectivity index (χ2v) is 4.16. The molecule has 0 aromatic carbocycles. The summed E-state index contributed by atoms with van der Waals surface area (Å²) in [6.07, 6.45) is 3.16. The highest BCUT2D eigenvalue weighted by Crippen LogP contribution is 2.06. The van der Waals surface area contributed by atoms with E-state index < -0.39 is 11.2 Å². The molecule has 1 amide bonds. The monoisotopic (exact) mass is 253 g/mol. The van der Waals surface area contributed by atoms with Crippen molar-refractivity contribution in [1.82, 2.24) is 14.2 Å². The molecule has 0 bridgehead atoms. The van der Waals surface area contributed by atoms with E-state index in [0.717, 1.165) is 17.4 Å². The van der Waals surface area contributed by atoms with Crippen LogP contribution < -0.4 is 11.2 Å². The molecule has 0 saturated carbocycles. The molecule has 1 aromatic rings. The van der Waals surface area contributed by atoms with E-state index >= 15 is 0 Å². The van der Waals surface area contributed by atoms with E-state index in [-0.39, 0.29) is 12.5 Å². The van der Waals surface area contributed by atoms with Crippen molar-refractivity contribution >= 4 is 5.91 Å². The molecule has 1 saturated heterocycles. The van der Waals surface area contributed by atoms with Gasteiger partial charge in [-0.1, -0.05) is 0 Å². The summed E-state index contributed by atoms with van der Waals surface area (Å²) in [7, 11) is 1.38. The van der Waals surface area contributed by atoms with Gasteiger partial charge in [-0.05, 0) is 12.8 Å². The van der Waals surface area contributed by atoms with E-state index in [1.807, 2.05) is 0 Å². The van der Waals surface area contributed by atoms with Crippen LogP contribution in [0.15, 0.2) is 21.9 Å². The first-order chi connectivity index (χ1) is 8.59. The largest absolute Gasteiger partial charge is 0.331 e. The molecule has 18 heavy (non-hydrogen) atoms. The van der Waals surface area contributed by atoms with Gasteiger partial charge in [0.15, 0.2) is 0 Å². The predicted octanol–water partition coefficient (Wildman–Crippen LogP) is -0.899. The fraction of sp³-hybridized carbons (Fsp3) is 0.545. The van der Waals surface area contributed by atoms with E-state index in [1.165, 1.54) is 28.9 Å². The third kappa shape index (κ3) is 2.51. The Morgan fingerprint density at radius 1 is 1.39 bits per heavy atom. The lowest BCUT2D eigenvalue weighted by atomic mass is 10.3. The third-order valence-electron chi connectivity index (χ3n) is 2.85. The molecule has 7 heteroatoms. The lowest BCUT2D eigenvalue weighted by Crippen LogP contribution is -2.42. The van der Waals surface area contributed by atoms with Crippen molar-refractivity contribution in [2.75, 3.05) is 13.2 Å². The number of hydrogen-bond donors (Lipinski definition) is 0. The van der Waals surface area contributed by atoms with Gasteiger partial charge in [0.1, 0.15) is 6.54 Å². The normalized spacial score (nSPS) is 15.7. The van der Waals surface area contributed by atoms with Gasteiger partial charge in [0.05, 0.1) is 6.61 Å². The Balaban J connectivity index is 2.14. The van der Waals surface area contributed by atoms with Crippen molar-refractivity contribution in [1.29, 1.82) is 0 Å². The van der Waals surface area contributed by atoms with Crippen molar-refractivity contribution in [2.45, 2.75) is 19.4 Å². The summed E-state index contributed by atoms with van der Waals surface area (Å²) in [5.74, 6) is -0.282. The van der Waals surface area contributed by atoms with E-state index in [9.17, 15) is 14.4 Å². The Kier molecular flexibility index (Phi) is 3.61. The van der Waals surface area contributed by atoms with Gasteiger partial charge in [0.25, 0.3) is 11.5 Å². The molecule has 1 aromatic heterocycles. The summed E-state index contributed by atoms with van der Waals surface area (Å²) < 4.78 is 2.16. The van der Waals surface area contributed by atoms with Gasteiger partial charge in [0, 0.05) is 25.9 Å². The molecule has 0 atom stereocenters. The lowest BCUT2D eigenvalue weighted by molar-refractivity contribution is -0.197. The summed E-state index contributed by atoms with van der Waals surface area (Å²) in [5, 5.41) is 1.28. The molecule has 0 aliphatic carbocycles. The molecule has 2 rings (SSSR count). The zero-order chi connectivity index (χ0) is 13.1. The van der Waals surface area contributed by atoms with E-state index in [1.54, 1.807) is 0 Å². The number of carbonyl (C=O) groups is 1. The molecule has 7 nitrogen and oxygen atoms in total. The molecule has 1 fully saturated rings. The zero-order valence-electron chi connectivity index (χ0n) is 10.2. The maximum atomic E-state index is 11.9. The third-order valence-corrected chi connectivity index (χ3v) is 2.85. The van der Waals surface area contributed by atoms with Crippen LogP contribution >= 0.6 is 0 Å². The number of carbonyl (C=O) groups excluding carboxylic acids is 1. The van der Waals surface area contributed by atoms with Crippen LogP contribution in [0.5, 0.6) is 0 Å². The molecule has 0 unspecified atom stereocenters. The lowest BCUT2D eigenvalue weighted by Gasteiger charge is -2.26. The topological polar surface area (TPSA) is 73.5 Å². The predicted molar refractivity (Wildman–Crippen MR) is 62.8 cm³/mol. The number of amides is 1. The van der Waals surface area contributed by atoms with Gasteiger partial charge in [-0.3, -0.25) is 23.6 Å². The molecular formula is C11H15N3O4. The van der Waals surface area contributed by atoms with E-state index in [4.69, 9.17) is 4.84 Å². The van der Waals surface area contributed by atoms with Crippen LogP contribution in [-0.4, -0.2) is 33.3 Å². The Morgan fingerprint density at radius 3 is 2.83 bits per heavy atom. The van der Waals surface area contributed by atoms with Crippen LogP contribution in [0.1, 0.15) is 12.8 Å². The van der Waals surface area contributed by atoms with Crippen molar-refractivity contribution in [2.24, 2.45) is 7.05 Å². The summed E-state index contributed by atoms with van der Waals surface area (Å²) in [6, 6.07) is 1.26. The zero-order valence-corrected chi connectivity index (χ0v) is 10.2. The van der Waals surface area contributed by atoms with E-state index in [0.29, 0.717) is 13.2 Å². The SMILES string of the molecule is Cn1c(=O)ccn(CC(=O)N2CCCCO2)c1=O. The highest BCUT2D eigenvalue weighted by molar-refractivity contribution is 5.74. The second kappa shape index (κ2) is 5.18. The van der Waals surface area contributed by atoms with Gasteiger partial charge in [-0.25, -0.2) is 9.86 Å². The average Bonchev–Trinajstić information content (AvgIpc) is 2.40. The Morgan fingerprint density at radius 2 is 2.17 bits per heavy atom. The molecule has 1 aliphatic rings. The summed E-state index contributed by atoms with van der Waals surface area (Å²) in [5.41, 5.74) is -0.897. The summed E-state index contributed by atoms with van der Waals surface area (Å²) in [4.78, 5) is 40.0. The number of aromatic nitrogens is 2. The molecule has 0 radical (unpaired) electrons. The first-order valence-electron chi connectivity index (χ1n) is 5.79. The van der Waals surface area contributed by atoms with Crippen LogP contribution in [0.25, 0.3) is 0 Å². The fourth-order valence-corrected chi connectivity index (χ4v) is 1.75. The number of rotatable bonds is 2. The molecule has 98 valence electrons. The fourth-order valence-electron chi connectivity index (χ4n) is 1.75. The first-order valence-corrected chi connectivity index (χ1v) is 5.79. The van der Waals surface area contributed by atoms with Crippen LogP contribution in [0.4, 0.5) is 0 Å². The van der Waals surface area contributed by atoms with Crippen molar-refractivity contribution in [3.63, 3.8) is 0 Å². The van der Waals surface area contributed by atoms with Crippen LogP contribution in [0.2, 0.25) is 0 Å². The Bertz CT molecular complexity index is 554. The van der Waals surface area contributed by atoms with Crippen molar-refractivity contribution in [3.05, 3.63) is 33.1 Å². The summed E-state index contributed by atoms with van der Waals surface area (Å²) >= 11 is 0. The molecular weight excluding hydrogens is 238 g/mol. The Labute approximate surface area is 103 Å². The Hall–Kier alpha value is -1.89. The van der Waals surface area contributed by atoms with Gasteiger partial charge < -0.3 is 0 Å². The van der Waals surface area contributed by atoms with Gasteiger partial charge >= 0.3 is 5.69 Å².